The highest BCUT2D eigenvalue weighted by Crippen LogP contribution is 2.35. The Kier molecular flexibility index (Phi) is 7.03. The molecule has 1 amide bonds. The van der Waals surface area contributed by atoms with E-state index in [0.717, 1.165) is 34.3 Å². The summed E-state index contributed by atoms with van der Waals surface area (Å²) in [6.45, 7) is 1.60. The lowest BCUT2D eigenvalue weighted by Crippen LogP contribution is -2.28. The van der Waals surface area contributed by atoms with Gasteiger partial charge in [-0.05, 0) is 41.5 Å². The molecule has 0 N–H and O–H groups in total. The van der Waals surface area contributed by atoms with Gasteiger partial charge in [-0.2, -0.15) is 5.10 Å². The third-order valence-electron chi connectivity index (χ3n) is 6.17. The first-order valence-electron chi connectivity index (χ1n) is 11.7. The lowest BCUT2D eigenvalue weighted by molar-refractivity contribution is -0.130. The van der Waals surface area contributed by atoms with E-state index in [-0.39, 0.29) is 28.4 Å². The highest BCUT2D eigenvalue weighted by atomic mass is 32.2. The number of thioether (sulfide) groups is 1. The predicted molar refractivity (Wildman–Crippen MR) is 143 cm³/mol. The molecular weight excluding hydrogens is 510 g/mol. The third kappa shape index (κ3) is 5.26. The first-order chi connectivity index (χ1) is 17.9. The number of oxazole rings is 1. The van der Waals surface area contributed by atoms with Crippen LogP contribution in [0.1, 0.15) is 30.5 Å². The van der Waals surface area contributed by atoms with Gasteiger partial charge in [0, 0.05) is 6.42 Å². The highest BCUT2D eigenvalue weighted by Gasteiger charge is 2.33. The van der Waals surface area contributed by atoms with E-state index in [0.29, 0.717) is 22.7 Å². The molecule has 0 bridgehead atoms. The summed E-state index contributed by atoms with van der Waals surface area (Å²) in [5, 5.41) is 6.53. The van der Waals surface area contributed by atoms with Crippen molar-refractivity contribution in [2.45, 2.75) is 29.5 Å². The van der Waals surface area contributed by atoms with Gasteiger partial charge in [-0.15, -0.1) is 0 Å². The fraction of sp³-hybridized carbons (Fsp3) is 0.222. The summed E-state index contributed by atoms with van der Waals surface area (Å²) in [6.07, 6.45) is 0.588. The summed E-state index contributed by atoms with van der Waals surface area (Å²) >= 11 is 1.15. The lowest BCUT2D eigenvalue weighted by atomic mass is 9.98. The maximum absolute atomic E-state index is 13.4. The standard InChI is InChI=1S/C27H25N3O5S2/c1-3-37(32,33)21-13-14-25-23(15-21)28-27(35-25)36-17-26(31)30-24(19-9-11-20(34-2)12-10-19)16-22(29-30)18-7-5-4-6-8-18/h4-15,24H,3,16-17H2,1-2H3. The van der Waals surface area contributed by atoms with E-state index in [1.807, 2.05) is 54.6 Å². The topological polar surface area (TPSA) is 102 Å². The van der Waals surface area contributed by atoms with Crippen LogP contribution in [0.15, 0.2) is 92.4 Å². The number of hydrazone groups is 1. The maximum Gasteiger partial charge on any atom is 0.257 e. The molecule has 0 aliphatic carbocycles. The van der Waals surface area contributed by atoms with Crippen LogP contribution in [-0.2, 0) is 14.6 Å². The van der Waals surface area contributed by atoms with Gasteiger partial charge in [0.15, 0.2) is 15.4 Å². The van der Waals surface area contributed by atoms with Crippen LogP contribution >= 0.6 is 11.8 Å². The van der Waals surface area contributed by atoms with Crippen LogP contribution in [-0.4, -0.2) is 48.6 Å². The van der Waals surface area contributed by atoms with Gasteiger partial charge >= 0.3 is 0 Å². The number of aromatic nitrogens is 1. The number of hydrogen-bond acceptors (Lipinski definition) is 8. The molecule has 8 nitrogen and oxygen atoms in total. The van der Waals surface area contributed by atoms with Gasteiger partial charge in [0.2, 0.25) is 0 Å². The quantitative estimate of drug-likeness (QED) is 0.289. The van der Waals surface area contributed by atoms with Crippen LogP contribution in [0.2, 0.25) is 0 Å². The molecule has 5 rings (SSSR count). The summed E-state index contributed by atoms with van der Waals surface area (Å²) in [6, 6.07) is 21.8. The number of hydrogen-bond donors (Lipinski definition) is 0. The molecular formula is C27H25N3O5S2. The van der Waals surface area contributed by atoms with Gasteiger partial charge in [-0.3, -0.25) is 4.79 Å². The summed E-state index contributed by atoms with van der Waals surface area (Å²) in [4.78, 5) is 18.0. The van der Waals surface area contributed by atoms with Gasteiger partial charge in [-0.25, -0.2) is 18.4 Å². The smallest absolute Gasteiger partial charge is 0.257 e. The van der Waals surface area contributed by atoms with Gasteiger partial charge in [0.1, 0.15) is 11.3 Å². The normalized spacial score (nSPS) is 15.7. The SMILES string of the molecule is CCS(=O)(=O)c1ccc2oc(SCC(=O)N3N=C(c4ccccc4)CC3c3ccc(OC)cc3)nc2c1. The number of rotatable bonds is 8. The Hall–Kier alpha value is -3.63. The zero-order chi connectivity index (χ0) is 26.0. The molecule has 0 fully saturated rings. The van der Waals surface area contributed by atoms with E-state index in [4.69, 9.17) is 14.3 Å². The van der Waals surface area contributed by atoms with E-state index in [1.54, 1.807) is 20.1 Å². The Bertz CT molecular complexity index is 1560. The Labute approximate surface area is 219 Å². The van der Waals surface area contributed by atoms with Crippen molar-refractivity contribution in [2.24, 2.45) is 5.10 Å². The number of methoxy groups -OCH3 is 1. The second kappa shape index (κ2) is 10.4. The molecule has 0 saturated carbocycles. The van der Waals surface area contributed by atoms with Crippen molar-refractivity contribution in [2.75, 3.05) is 18.6 Å². The Morgan fingerprint density at radius 1 is 1.11 bits per heavy atom. The highest BCUT2D eigenvalue weighted by molar-refractivity contribution is 7.99. The molecule has 37 heavy (non-hydrogen) atoms. The minimum Gasteiger partial charge on any atom is -0.497 e. The molecule has 1 atom stereocenters. The zero-order valence-electron chi connectivity index (χ0n) is 20.3. The first kappa shape index (κ1) is 25.0. The summed E-state index contributed by atoms with van der Waals surface area (Å²) in [5.74, 6) is 0.618. The fourth-order valence-electron chi connectivity index (χ4n) is 4.13. The number of carbonyl (C=O) groups excluding carboxylic acids is 1. The molecule has 0 saturated heterocycles. The Morgan fingerprint density at radius 3 is 2.57 bits per heavy atom. The summed E-state index contributed by atoms with van der Waals surface area (Å²) < 4.78 is 35.4. The largest absolute Gasteiger partial charge is 0.497 e. The van der Waals surface area contributed by atoms with Crippen LogP contribution in [0.25, 0.3) is 11.1 Å². The first-order valence-corrected chi connectivity index (χ1v) is 14.4. The van der Waals surface area contributed by atoms with Crippen molar-refractivity contribution in [3.05, 3.63) is 83.9 Å². The molecule has 3 aromatic carbocycles. The third-order valence-corrected chi connectivity index (χ3v) is 8.72. The predicted octanol–water partition coefficient (Wildman–Crippen LogP) is 5.10. The number of sulfone groups is 1. The molecule has 1 unspecified atom stereocenters. The molecule has 2 heterocycles. The summed E-state index contributed by atoms with van der Waals surface area (Å²) in [5.41, 5.74) is 3.67. The van der Waals surface area contributed by atoms with E-state index in [9.17, 15) is 13.2 Å². The van der Waals surface area contributed by atoms with E-state index >= 15 is 0 Å². The van der Waals surface area contributed by atoms with Crippen LogP contribution in [0.5, 0.6) is 5.75 Å². The Morgan fingerprint density at radius 2 is 1.86 bits per heavy atom. The number of amides is 1. The van der Waals surface area contributed by atoms with Gasteiger partial charge < -0.3 is 9.15 Å². The lowest BCUT2D eigenvalue weighted by Gasteiger charge is -2.22. The average molecular weight is 536 g/mol. The van der Waals surface area contributed by atoms with Gasteiger partial charge in [0.05, 0.1) is 35.3 Å². The monoisotopic (exact) mass is 535 g/mol. The molecule has 1 aromatic heterocycles. The summed E-state index contributed by atoms with van der Waals surface area (Å²) in [7, 11) is -1.74. The minimum absolute atomic E-state index is 0.00313. The molecule has 10 heteroatoms. The van der Waals surface area contributed by atoms with E-state index < -0.39 is 9.84 Å². The van der Waals surface area contributed by atoms with Crippen LogP contribution in [0.3, 0.4) is 0 Å². The molecule has 1 aliphatic rings. The molecule has 1 aliphatic heterocycles. The second-order valence-corrected chi connectivity index (χ2v) is 11.7. The maximum atomic E-state index is 13.4. The second-order valence-electron chi connectivity index (χ2n) is 8.45. The van der Waals surface area contributed by atoms with Crippen LogP contribution in [0.4, 0.5) is 0 Å². The van der Waals surface area contributed by atoms with E-state index in [1.165, 1.54) is 17.1 Å². The number of fused-ring (bicyclic) bond motifs is 1. The van der Waals surface area contributed by atoms with Crippen molar-refractivity contribution < 1.29 is 22.4 Å². The number of benzene rings is 3. The fourth-order valence-corrected chi connectivity index (χ4v) is 5.72. The Balaban J connectivity index is 1.37. The molecule has 4 aromatic rings. The van der Waals surface area contributed by atoms with E-state index in [2.05, 4.69) is 4.98 Å². The van der Waals surface area contributed by atoms with Gasteiger partial charge in [-0.1, -0.05) is 61.2 Å². The van der Waals surface area contributed by atoms with Crippen LogP contribution in [0, 0.1) is 0 Å². The number of nitrogens with zero attached hydrogens (tertiary/aromatic N) is 3. The van der Waals surface area contributed by atoms with Crippen molar-refractivity contribution in [3.8, 4) is 5.75 Å². The number of ether oxygens (including phenoxy) is 1. The molecule has 0 radical (unpaired) electrons. The van der Waals surface area contributed by atoms with Crippen molar-refractivity contribution in [3.63, 3.8) is 0 Å². The average Bonchev–Trinajstić information content (AvgIpc) is 3.56. The van der Waals surface area contributed by atoms with Crippen molar-refractivity contribution in [1.82, 2.24) is 9.99 Å². The molecule has 0 spiro atoms. The zero-order valence-corrected chi connectivity index (χ0v) is 22.0. The van der Waals surface area contributed by atoms with Crippen molar-refractivity contribution in [1.29, 1.82) is 0 Å². The van der Waals surface area contributed by atoms with Crippen molar-refractivity contribution >= 4 is 44.3 Å². The van der Waals surface area contributed by atoms with Crippen LogP contribution < -0.4 is 4.74 Å². The van der Waals surface area contributed by atoms with Gasteiger partial charge in [0.25, 0.3) is 11.1 Å². The molecule has 190 valence electrons. The minimum atomic E-state index is -3.35. The number of carbonyl (C=O) groups is 1.